The topological polar surface area (TPSA) is 28.7 Å². The van der Waals surface area contributed by atoms with Crippen LogP contribution in [-0.4, -0.2) is 9.97 Å². The number of aromatic nitrogens is 2. The van der Waals surface area contributed by atoms with Gasteiger partial charge in [0.15, 0.2) is 0 Å². The summed E-state index contributed by atoms with van der Waals surface area (Å²) in [6.45, 7) is 1.97. The van der Waals surface area contributed by atoms with Crippen molar-refractivity contribution < 1.29 is 0 Å². The maximum atomic E-state index is 4.35. The molecule has 0 amide bonds. The van der Waals surface area contributed by atoms with Crippen molar-refractivity contribution in [3.05, 3.63) is 58.1 Å². The summed E-state index contributed by atoms with van der Waals surface area (Å²) < 4.78 is 0.951. The lowest BCUT2D eigenvalue weighted by Crippen LogP contribution is -1.80. The van der Waals surface area contributed by atoms with E-state index in [1.54, 1.807) is 0 Å². The van der Waals surface area contributed by atoms with E-state index in [0.29, 0.717) is 0 Å². The molecule has 2 rings (SSSR count). The van der Waals surface area contributed by atoms with Crippen molar-refractivity contribution in [1.29, 1.82) is 0 Å². The minimum Gasteiger partial charge on any atom is -0.333 e. The van der Waals surface area contributed by atoms with Gasteiger partial charge in [0.05, 0.1) is 5.69 Å². The van der Waals surface area contributed by atoms with E-state index in [1.165, 1.54) is 5.56 Å². The highest BCUT2D eigenvalue weighted by Gasteiger charge is 1.99. The van der Waals surface area contributed by atoms with Gasteiger partial charge in [0.25, 0.3) is 0 Å². The van der Waals surface area contributed by atoms with Crippen LogP contribution in [0.25, 0.3) is 6.08 Å². The van der Waals surface area contributed by atoms with E-state index in [0.717, 1.165) is 22.5 Å². The summed E-state index contributed by atoms with van der Waals surface area (Å²) in [5.41, 5.74) is 2.29. The van der Waals surface area contributed by atoms with Crippen LogP contribution in [0.5, 0.6) is 0 Å². The zero-order valence-electron chi connectivity index (χ0n) is 9.07. The molecule has 0 aliphatic rings. The lowest BCUT2D eigenvalue weighted by Gasteiger charge is -1.93. The Morgan fingerprint density at radius 1 is 1.31 bits per heavy atom. The molecule has 3 heteroatoms. The third-order valence-corrected chi connectivity index (χ3v) is 3.09. The fourth-order valence-corrected chi connectivity index (χ4v) is 1.75. The molecule has 0 aliphatic heterocycles. The van der Waals surface area contributed by atoms with Crippen molar-refractivity contribution in [2.45, 2.75) is 13.3 Å². The van der Waals surface area contributed by atoms with Gasteiger partial charge in [0.1, 0.15) is 10.4 Å². The lowest BCUT2D eigenvalue weighted by atomic mass is 10.1. The van der Waals surface area contributed by atoms with Gasteiger partial charge >= 0.3 is 0 Å². The first-order valence-corrected chi connectivity index (χ1v) is 5.97. The van der Waals surface area contributed by atoms with E-state index in [-0.39, 0.29) is 0 Å². The second kappa shape index (κ2) is 5.12. The predicted octanol–water partition coefficient (Wildman–Crippen LogP) is 3.74. The number of rotatable bonds is 3. The van der Waals surface area contributed by atoms with Gasteiger partial charge in [-0.3, -0.25) is 0 Å². The van der Waals surface area contributed by atoms with Crippen LogP contribution in [0.15, 0.2) is 41.0 Å². The first-order valence-electron chi connectivity index (χ1n) is 5.18. The largest absolute Gasteiger partial charge is 0.333 e. The Bertz CT molecular complexity index is 466. The number of benzene rings is 1. The standard InChI is InChI=1S/C13H13BrN2/c1-10-13(14)16-12(15-10)9-5-8-11-6-3-2-4-7-11/h2-7,9H,8H2,1H3,(H,15,16)/b9-5+. The quantitative estimate of drug-likeness (QED) is 0.909. The van der Waals surface area contributed by atoms with Crippen molar-refractivity contribution in [1.82, 2.24) is 9.97 Å². The molecule has 0 saturated carbocycles. The molecular weight excluding hydrogens is 264 g/mol. The third kappa shape index (κ3) is 2.83. The summed E-state index contributed by atoms with van der Waals surface area (Å²) >= 11 is 3.40. The highest BCUT2D eigenvalue weighted by molar-refractivity contribution is 9.10. The fraction of sp³-hybridized carbons (Fsp3) is 0.154. The Balaban J connectivity index is 2.00. The summed E-state index contributed by atoms with van der Waals surface area (Å²) in [4.78, 5) is 7.50. The van der Waals surface area contributed by atoms with E-state index in [1.807, 2.05) is 19.1 Å². The Kier molecular flexibility index (Phi) is 3.57. The van der Waals surface area contributed by atoms with Crippen LogP contribution in [-0.2, 0) is 6.42 Å². The molecule has 1 heterocycles. The summed E-state index contributed by atoms with van der Waals surface area (Å²) in [7, 11) is 0. The highest BCUT2D eigenvalue weighted by Crippen LogP contribution is 2.13. The van der Waals surface area contributed by atoms with Crippen LogP contribution >= 0.6 is 15.9 Å². The number of halogens is 1. The van der Waals surface area contributed by atoms with Gasteiger partial charge in [0.2, 0.25) is 0 Å². The number of aryl methyl sites for hydroxylation is 1. The van der Waals surface area contributed by atoms with Crippen molar-refractivity contribution >= 4 is 22.0 Å². The molecule has 1 N–H and O–H groups in total. The van der Waals surface area contributed by atoms with Crippen LogP contribution in [0.1, 0.15) is 17.1 Å². The molecule has 1 aromatic carbocycles. The molecule has 82 valence electrons. The van der Waals surface area contributed by atoms with Crippen LogP contribution in [0, 0.1) is 6.92 Å². The van der Waals surface area contributed by atoms with Crippen molar-refractivity contribution in [2.24, 2.45) is 0 Å². The Hall–Kier alpha value is -1.35. The van der Waals surface area contributed by atoms with Crippen molar-refractivity contribution in [3.63, 3.8) is 0 Å². The number of allylic oxidation sites excluding steroid dienone is 1. The van der Waals surface area contributed by atoms with Gasteiger partial charge in [0, 0.05) is 0 Å². The molecule has 0 radical (unpaired) electrons. The maximum Gasteiger partial charge on any atom is 0.130 e. The number of nitrogens with zero attached hydrogens (tertiary/aromatic N) is 1. The minimum absolute atomic E-state index is 0.889. The average molecular weight is 277 g/mol. The van der Waals surface area contributed by atoms with Gasteiger partial charge in [-0.25, -0.2) is 4.98 Å². The fourth-order valence-electron chi connectivity index (χ4n) is 1.46. The first kappa shape index (κ1) is 11.1. The van der Waals surface area contributed by atoms with E-state index < -0.39 is 0 Å². The van der Waals surface area contributed by atoms with Gasteiger partial charge in [-0.15, -0.1) is 0 Å². The van der Waals surface area contributed by atoms with Gasteiger partial charge in [-0.2, -0.15) is 0 Å². The molecule has 0 bridgehead atoms. The zero-order chi connectivity index (χ0) is 11.4. The second-order valence-electron chi connectivity index (χ2n) is 3.61. The number of imidazole rings is 1. The van der Waals surface area contributed by atoms with Gasteiger partial charge in [-0.1, -0.05) is 36.4 Å². The summed E-state index contributed by atoms with van der Waals surface area (Å²) in [6, 6.07) is 10.4. The summed E-state index contributed by atoms with van der Waals surface area (Å²) in [5, 5.41) is 0. The third-order valence-electron chi connectivity index (χ3n) is 2.32. The van der Waals surface area contributed by atoms with Crippen LogP contribution < -0.4 is 0 Å². The van der Waals surface area contributed by atoms with Crippen LogP contribution in [0.2, 0.25) is 0 Å². The summed E-state index contributed by atoms with van der Waals surface area (Å²) in [5.74, 6) is 0.889. The molecule has 0 saturated heterocycles. The van der Waals surface area contributed by atoms with Crippen molar-refractivity contribution in [2.75, 3.05) is 0 Å². The molecule has 0 fully saturated rings. The maximum absolute atomic E-state index is 4.35. The summed E-state index contributed by atoms with van der Waals surface area (Å²) in [6.07, 6.45) is 5.04. The van der Waals surface area contributed by atoms with E-state index >= 15 is 0 Å². The normalized spacial score (nSPS) is 11.1. The highest BCUT2D eigenvalue weighted by atomic mass is 79.9. The Labute approximate surface area is 104 Å². The predicted molar refractivity (Wildman–Crippen MR) is 70.2 cm³/mol. The monoisotopic (exact) mass is 276 g/mol. The SMILES string of the molecule is Cc1nc(/C=C/Cc2ccccc2)[nH]c1Br. The lowest BCUT2D eigenvalue weighted by molar-refractivity contribution is 1.21. The first-order chi connectivity index (χ1) is 7.75. The molecule has 2 aromatic rings. The van der Waals surface area contributed by atoms with Gasteiger partial charge in [-0.05, 0) is 40.9 Å². The number of nitrogens with one attached hydrogen (secondary N) is 1. The smallest absolute Gasteiger partial charge is 0.130 e. The van der Waals surface area contributed by atoms with E-state index in [9.17, 15) is 0 Å². The molecule has 16 heavy (non-hydrogen) atoms. The molecule has 0 aliphatic carbocycles. The zero-order valence-corrected chi connectivity index (χ0v) is 10.7. The molecule has 0 atom stereocenters. The van der Waals surface area contributed by atoms with Crippen molar-refractivity contribution in [3.8, 4) is 0 Å². The van der Waals surface area contributed by atoms with Gasteiger partial charge < -0.3 is 4.98 Å². The van der Waals surface area contributed by atoms with E-state index in [4.69, 9.17) is 0 Å². The van der Waals surface area contributed by atoms with Crippen LogP contribution in [0.4, 0.5) is 0 Å². The Morgan fingerprint density at radius 3 is 2.69 bits per heavy atom. The van der Waals surface area contributed by atoms with Crippen LogP contribution in [0.3, 0.4) is 0 Å². The number of hydrogen-bond acceptors (Lipinski definition) is 1. The second-order valence-corrected chi connectivity index (χ2v) is 4.41. The molecule has 2 nitrogen and oxygen atoms in total. The van der Waals surface area contributed by atoms with E-state index in [2.05, 4.69) is 56.2 Å². The minimum atomic E-state index is 0.889. The Morgan fingerprint density at radius 2 is 2.06 bits per heavy atom. The molecule has 1 aromatic heterocycles. The number of H-pyrrole nitrogens is 1. The average Bonchev–Trinajstić information content (AvgIpc) is 2.60. The molecule has 0 unspecified atom stereocenters. The number of aromatic amines is 1. The molecular formula is C13H13BrN2. The molecule has 0 spiro atoms. The number of hydrogen-bond donors (Lipinski definition) is 1.